The number of hydrogen-bond donors (Lipinski definition) is 2. The van der Waals surface area contributed by atoms with Gasteiger partial charge in [-0.15, -0.1) is 0 Å². The Morgan fingerprint density at radius 1 is 1.37 bits per heavy atom. The lowest BCUT2D eigenvalue weighted by Crippen LogP contribution is -2.20. The number of nitrogen functional groups attached to an aromatic ring is 1. The summed E-state index contributed by atoms with van der Waals surface area (Å²) in [6.45, 7) is 0.422. The molecule has 0 aliphatic heterocycles. The average Bonchev–Trinajstić information content (AvgIpc) is 2.81. The van der Waals surface area contributed by atoms with Crippen LogP contribution < -0.4 is 11.1 Å². The molecule has 0 saturated heterocycles. The number of anilines is 1. The van der Waals surface area contributed by atoms with Gasteiger partial charge in [0.05, 0.1) is 12.2 Å². The molecule has 2 rings (SSSR count). The topological polar surface area (TPSA) is 72.9 Å². The first kappa shape index (κ1) is 12.9. The summed E-state index contributed by atoms with van der Waals surface area (Å²) in [5.41, 5.74) is 8.05. The van der Waals surface area contributed by atoms with E-state index in [1.165, 1.54) is 6.08 Å². The van der Waals surface area contributed by atoms with E-state index in [-0.39, 0.29) is 5.91 Å². The van der Waals surface area contributed by atoms with E-state index in [1.807, 2.05) is 31.4 Å². The maximum Gasteiger partial charge on any atom is 0.244 e. The quantitative estimate of drug-likeness (QED) is 0.640. The van der Waals surface area contributed by atoms with Crippen LogP contribution in [0.4, 0.5) is 5.69 Å². The molecule has 0 bridgehead atoms. The molecule has 0 radical (unpaired) electrons. The van der Waals surface area contributed by atoms with Crippen molar-refractivity contribution in [1.82, 2.24) is 15.1 Å². The van der Waals surface area contributed by atoms with E-state index < -0.39 is 0 Å². The minimum Gasteiger partial charge on any atom is -0.399 e. The molecule has 1 aromatic carbocycles. The van der Waals surface area contributed by atoms with E-state index in [9.17, 15) is 4.79 Å². The van der Waals surface area contributed by atoms with Crippen LogP contribution in [0.2, 0.25) is 0 Å². The summed E-state index contributed by atoms with van der Waals surface area (Å²) >= 11 is 0. The number of nitrogens with two attached hydrogens (primary N) is 1. The summed E-state index contributed by atoms with van der Waals surface area (Å²) in [7, 11) is 1.84. The van der Waals surface area contributed by atoms with Crippen molar-refractivity contribution in [3.8, 4) is 0 Å². The zero-order valence-electron chi connectivity index (χ0n) is 10.7. The van der Waals surface area contributed by atoms with Gasteiger partial charge < -0.3 is 11.1 Å². The third kappa shape index (κ3) is 3.99. The normalized spacial score (nSPS) is 10.8. The van der Waals surface area contributed by atoms with Gasteiger partial charge in [-0.1, -0.05) is 12.1 Å². The predicted molar refractivity (Wildman–Crippen MR) is 74.9 cm³/mol. The SMILES string of the molecule is Cn1ccc(CNC(=O)/C=C/c2ccc(N)cc2)n1. The molecule has 98 valence electrons. The number of amides is 1. The van der Waals surface area contributed by atoms with Gasteiger partial charge in [0.2, 0.25) is 5.91 Å². The minimum absolute atomic E-state index is 0.150. The molecule has 1 amide bonds. The highest BCUT2D eigenvalue weighted by Crippen LogP contribution is 2.06. The minimum atomic E-state index is -0.150. The molecule has 5 nitrogen and oxygen atoms in total. The Labute approximate surface area is 111 Å². The molecule has 0 fully saturated rings. The standard InChI is InChI=1S/C14H16N4O/c1-18-9-8-13(17-18)10-16-14(19)7-4-11-2-5-12(15)6-3-11/h2-9H,10,15H2,1H3,(H,16,19)/b7-4+. The highest BCUT2D eigenvalue weighted by molar-refractivity contribution is 5.91. The molecule has 19 heavy (non-hydrogen) atoms. The lowest BCUT2D eigenvalue weighted by atomic mass is 10.2. The Morgan fingerprint density at radius 3 is 2.74 bits per heavy atom. The average molecular weight is 256 g/mol. The highest BCUT2D eigenvalue weighted by atomic mass is 16.1. The van der Waals surface area contributed by atoms with Crippen molar-refractivity contribution in [3.63, 3.8) is 0 Å². The number of nitrogens with zero attached hydrogens (tertiary/aromatic N) is 2. The molecule has 0 aliphatic rings. The number of aryl methyl sites for hydroxylation is 1. The number of carbonyl (C=O) groups excluding carboxylic acids is 1. The molecule has 0 spiro atoms. The lowest BCUT2D eigenvalue weighted by molar-refractivity contribution is -0.116. The molecular formula is C14H16N4O. The first-order valence-corrected chi connectivity index (χ1v) is 5.93. The molecule has 0 atom stereocenters. The van der Waals surface area contributed by atoms with Gasteiger partial charge in [-0.05, 0) is 29.8 Å². The van der Waals surface area contributed by atoms with Crippen LogP contribution in [0.15, 0.2) is 42.6 Å². The van der Waals surface area contributed by atoms with E-state index in [2.05, 4.69) is 10.4 Å². The van der Waals surface area contributed by atoms with Crippen LogP contribution in [-0.4, -0.2) is 15.7 Å². The molecule has 5 heteroatoms. The maximum absolute atomic E-state index is 11.6. The van der Waals surface area contributed by atoms with Gasteiger partial charge in [0, 0.05) is 25.0 Å². The van der Waals surface area contributed by atoms with E-state index in [1.54, 1.807) is 22.9 Å². The molecule has 0 aliphatic carbocycles. The summed E-state index contributed by atoms with van der Waals surface area (Å²) in [5.74, 6) is -0.150. The molecule has 2 aromatic rings. The van der Waals surface area contributed by atoms with E-state index in [4.69, 9.17) is 5.73 Å². The van der Waals surface area contributed by atoms with Crippen molar-refractivity contribution < 1.29 is 4.79 Å². The lowest BCUT2D eigenvalue weighted by Gasteiger charge is -1.99. The number of carbonyl (C=O) groups is 1. The Bertz CT molecular complexity index is 584. The van der Waals surface area contributed by atoms with Gasteiger partial charge in [-0.3, -0.25) is 9.48 Å². The van der Waals surface area contributed by atoms with Crippen LogP contribution in [0.25, 0.3) is 6.08 Å². The van der Waals surface area contributed by atoms with Crippen molar-refractivity contribution in [1.29, 1.82) is 0 Å². The number of nitrogens with one attached hydrogen (secondary N) is 1. The number of hydrogen-bond acceptors (Lipinski definition) is 3. The van der Waals surface area contributed by atoms with Crippen LogP contribution in [-0.2, 0) is 18.4 Å². The largest absolute Gasteiger partial charge is 0.399 e. The van der Waals surface area contributed by atoms with Crippen LogP contribution in [0.1, 0.15) is 11.3 Å². The van der Waals surface area contributed by atoms with E-state index in [0.29, 0.717) is 12.2 Å². The second-order valence-electron chi connectivity index (χ2n) is 4.20. The molecule has 0 saturated carbocycles. The van der Waals surface area contributed by atoms with Gasteiger partial charge >= 0.3 is 0 Å². The summed E-state index contributed by atoms with van der Waals surface area (Å²) in [5, 5.41) is 6.94. The molecule has 1 aromatic heterocycles. The van der Waals surface area contributed by atoms with Crippen LogP contribution in [0.5, 0.6) is 0 Å². The van der Waals surface area contributed by atoms with Gasteiger partial charge in [-0.25, -0.2) is 0 Å². The third-order valence-electron chi connectivity index (χ3n) is 2.58. The zero-order valence-corrected chi connectivity index (χ0v) is 10.7. The smallest absolute Gasteiger partial charge is 0.244 e. The van der Waals surface area contributed by atoms with Gasteiger partial charge in [0.15, 0.2) is 0 Å². The van der Waals surface area contributed by atoms with Gasteiger partial charge in [0.25, 0.3) is 0 Å². The van der Waals surface area contributed by atoms with E-state index >= 15 is 0 Å². The first-order valence-electron chi connectivity index (χ1n) is 5.93. The Kier molecular flexibility index (Phi) is 3.97. The van der Waals surface area contributed by atoms with Gasteiger partial charge in [-0.2, -0.15) is 5.10 Å². The third-order valence-corrected chi connectivity index (χ3v) is 2.58. The Hall–Kier alpha value is -2.56. The number of benzene rings is 1. The Balaban J connectivity index is 1.85. The monoisotopic (exact) mass is 256 g/mol. The predicted octanol–water partition coefficient (Wildman–Crippen LogP) is 1.33. The van der Waals surface area contributed by atoms with Crippen LogP contribution >= 0.6 is 0 Å². The molecule has 0 unspecified atom stereocenters. The Morgan fingerprint density at radius 2 is 2.11 bits per heavy atom. The van der Waals surface area contributed by atoms with E-state index in [0.717, 1.165) is 11.3 Å². The molecule has 3 N–H and O–H groups in total. The molecular weight excluding hydrogens is 240 g/mol. The van der Waals surface area contributed by atoms with Crippen LogP contribution in [0, 0.1) is 0 Å². The first-order chi connectivity index (χ1) is 9.13. The molecule has 1 heterocycles. The van der Waals surface area contributed by atoms with Crippen molar-refractivity contribution in [2.45, 2.75) is 6.54 Å². The summed E-state index contributed by atoms with van der Waals surface area (Å²) in [6.07, 6.45) is 5.08. The number of aromatic nitrogens is 2. The van der Waals surface area contributed by atoms with Crippen molar-refractivity contribution >= 4 is 17.7 Å². The van der Waals surface area contributed by atoms with Crippen molar-refractivity contribution in [3.05, 3.63) is 53.9 Å². The summed E-state index contributed by atoms with van der Waals surface area (Å²) in [6, 6.07) is 9.18. The summed E-state index contributed by atoms with van der Waals surface area (Å²) < 4.78 is 1.70. The van der Waals surface area contributed by atoms with Gasteiger partial charge in [0.1, 0.15) is 0 Å². The fraction of sp³-hybridized carbons (Fsp3) is 0.143. The number of rotatable bonds is 4. The second kappa shape index (κ2) is 5.86. The maximum atomic E-state index is 11.6. The fourth-order valence-electron chi connectivity index (χ4n) is 1.57. The van der Waals surface area contributed by atoms with Crippen molar-refractivity contribution in [2.75, 3.05) is 5.73 Å². The van der Waals surface area contributed by atoms with Crippen LogP contribution in [0.3, 0.4) is 0 Å². The zero-order chi connectivity index (χ0) is 13.7. The van der Waals surface area contributed by atoms with Crippen molar-refractivity contribution in [2.24, 2.45) is 7.05 Å². The fourth-order valence-corrected chi connectivity index (χ4v) is 1.57. The second-order valence-corrected chi connectivity index (χ2v) is 4.20. The highest BCUT2D eigenvalue weighted by Gasteiger charge is 1.99. The summed E-state index contributed by atoms with van der Waals surface area (Å²) in [4.78, 5) is 11.6.